The van der Waals surface area contributed by atoms with Gasteiger partial charge in [0.15, 0.2) is 0 Å². The summed E-state index contributed by atoms with van der Waals surface area (Å²) in [7, 11) is 0. The molecule has 0 aromatic heterocycles. The van der Waals surface area contributed by atoms with Gasteiger partial charge in [-0.15, -0.1) is 0 Å². The molecule has 2 rings (SSSR count). The maximum atomic E-state index is 13.1. The third-order valence-corrected chi connectivity index (χ3v) is 3.16. The molecule has 0 fully saturated rings. The lowest BCUT2D eigenvalue weighted by molar-refractivity contribution is -0.385. The number of hydrogen-bond acceptors (Lipinski definition) is 4. The molecule has 2 aromatic rings. The number of nitro groups is 1. The van der Waals surface area contributed by atoms with Crippen LogP contribution in [0.4, 0.5) is 10.1 Å². The largest absolute Gasteiger partial charge is 0.487 e. The van der Waals surface area contributed by atoms with Gasteiger partial charge in [0.25, 0.3) is 0 Å². The minimum atomic E-state index is -0.525. The van der Waals surface area contributed by atoms with E-state index in [-0.39, 0.29) is 15.9 Å². The molecule has 0 aliphatic carbocycles. The lowest BCUT2D eigenvalue weighted by Gasteiger charge is -2.09. The summed E-state index contributed by atoms with van der Waals surface area (Å²) in [6, 6.07) is 8.38. The summed E-state index contributed by atoms with van der Waals surface area (Å²) >= 11 is 3.06. The van der Waals surface area contributed by atoms with Crippen molar-refractivity contribution in [1.82, 2.24) is 0 Å². The van der Waals surface area contributed by atoms with Gasteiger partial charge in [-0.3, -0.25) is 10.1 Å². The topological polar surface area (TPSA) is 61.6 Å². The molecule has 110 valence electrons. The van der Waals surface area contributed by atoms with Gasteiger partial charge in [0.05, 0.1) is 16.0 Å². The summed E-state index contributed by atoms with van der Waals surface area (Å²) in [4.78, 5) is 10.4. The highest BCUT2D eigenvalue weighted by Gasteiger charge is 2.16. The van der Waals surface area contributed by atoms with Crippen molar-refractivity contribution in [3.05, 3.63) is 56.8 Å². The molecule has 0 unspecified atom stereocenters. The van der Waals surface area contributed by atoms with Gasteiger partial charge in [0, 0.05) is 12.1 Å². The first kappa shape index (κ1) is 15.2. The Labute approximate surface area is 128 Å². The lowest BCUT2D eigenvalue weighted by atomic mass is 10.2. The first-order chi connectivity index (χ1) is 10.0. The van der Waals surface area contributed by atoms with Gasteiger partial charge in [-0.25, -0.2) is 4.39 Å². The molecule has 0 bridgehead atoms. The predicted molar refractivity (Wildman–Crippen MR) is 78.4 cm³/mol. The van der Waals surface area contributed by atoms with Gasteiger partial charge in [0.2, 0.25) is 5.75 Å². The van der Waals surface area contributed by atoms with Crippen molar-refractivity contribution in [3.63, 3.8) is 0 Å². The van der Waals surface area contributed by atoms with Crippen LogP contribution in [0.2, 0.25) is 0 Å². The molecule has 0 aliphatic heterocycles. The average molecular weight is 356 g/mol. The molecule has 0 saturated heterocycles. The van der Waals surface area contributed by atoms with Crippen LogP contribution in [0, 0.1) is 15.9 Å². The second-order valence-corrected chi connectivity index (χ2v) is 4.85. The van der Waals surface area contributed by atoms with E-state index in [0.29, 0.717) is 18.1 Å². The molecule has 7 heteroatoms. The standard InChI is InChI=1S/C14H11BrFNO4/c1-2-20-14-8-10(4-6-13(14)17(18)19)21-9-3-5-12(16)11(15)7-9/h3-8H,2H2,1H3. The van der Waals surface area contributed by atoms with E-state index in [1.807, 2.05) is 0 Å². The van der Waals surface area contributed by atoms with Crippen LogP contribution in [0.15, 0.2) is 40.9 Å². The molecular formula is C14H11BrFNO4. The number of nitrogens with zero attached hydrogens (tertiary/aromatic N) is 1. The summed E-state index contributed by atoms with van der Waals surface area (Å²) in [5.74, 6) is 0.490. The fourth-order valence-electron chi connectivity index (χ4n) is 1.66. The number of benzene rings is 2. The molecular weight excluding hydrogens is 345 g/mol. The summed E-state index contributed by atoms with van der Waals surface area (Å²) < 4.78 is 24.2. The first-order valence-electron chi connectivity index (χ1n) is 6.05. The fourth-order valence-corrected chi connectivity index (χ4v) is 2.01. The van der Waals surface area contributed by atoms with E-state index in [1.54, 1.807) is 6.92 Å². The summed E-state index contributed by atoms with van der Waals surface area (Å²) in [6.45, 7) is 2.03. The first-order valence-corrected chi connectivity index (χ1v) is 6.84. The molecule has 2 aromatic carbocycles. The van der Waals surface area contributed by atoms with Gasteiger partial charge in [0.1, 0.15) is 17.3 Å². The quantitative estimate of drug-likeness (QED) is 0.576. The maximum absolute atomic E-state index is 13.1. The molecule has 21 heavy (non-hydrogen) atoms. The second kappa shape index (κ2) is 6.53. The number of nitro benzene ring substituents is 1. The van der Waals surface area contributed by atoms with E-state index in [1.165, 1.54) is 36.4 Å². The Morgan fingerprint density at radius 2 is 1.90 bits per heavy atom. The van der Waals surface area contributed by atoms with Crippen molar-refractivity contribution in [1.29, 1.82) is 0 Å². The molecule has 0 spiro atoms. The van der Waals surface area contributed by atoms with E-state index in [9.17, 15) is 14.5 Å². The molecule has 0 saturated carbocycles. The second-order valence-electron chi connectivity index (χ2n) is 4.00. The lowest BCUT2D eigenvalue weighted by Crippen LogP contribution is -1.98. The van der Waals surface area contributed by atoms with Crippen molar-refractivity contribution in [2.24, 2.45) is 0 Å². The molecule has 0 aliphatic rings. The minimum Gasteiger partial charge on any atom is -0.487 e. The van der Waals surface area contributed by atoms with E-state index >= 15 is 0 Å². The van der Waals surface area contributed by atoms with Crippen LogP contribution in [0.25, 0.3) is 0 Å². The monoisotopic (exact) mass is 355 g/mol. The molecule has 0 heterocycles. The normalized spacial score (nSPS) is 10.2. The molecule has 0 amide bonds. The smallest absolute Gasteiger partial charge is 0.311 e. The maximum Gasteiger partial charge on any atom is 0.311 e. The Kier molecular flexibility index (Phi) is 4.74. The predicted octanol–water partition coefficient (Wildman–Crippen LogP) is 4.69. The summed E-state index contributed by atoms with van der Waals surface area (Å²) in [5.41, 5.74) is -0.135. The van der Waals surface area contributed by atoms with E-state index in [4.69, 9.17) is 9.47 Å². The van der Waals surface area contributed by atoms with Gasteiger partial charge >= 0.3 is 5.69 Å². The number of ether oxygens (including phenoxy) is 2. The van der Waals surface area contributed by atoms with Gasteiger partial charge in [-0.1, -0.05) is 0 Å². The van der Waals surface area contributed by atoms with Crippen LogP contribution in [-0.2, 0) is 0 Å². The van der Waals surface area contributed by atoms with Gasteiger partial charge in [-0.05, 0) is 47.1 Å². The van der Waals surface area contributed by atoms with Gasteiger partial charge < -0.3 is 9.47 Å². The number of rotatable bonds is 5. The van der Waals surface area contributed by atoms with Crippen LogP contribution in [0.3, 0.4) is 0 Å². The fraction of sp³-hybridized carbons (Fsp3) is 0.143. The van der Waals surface area contributed by atoms with Crippen LogP contribution >= 0.6 is 15.9 Å². The average Bonchev–Trinajstić information content (AvgIpc) is 2.43. The van der Waals surface area contributed by atoms with Crippen LogP contribution in [0.1, 0.15) is 6.92 Å². The van der Waals surface area contributed by atoms with Crippen LogP contribution in [-0.4, -0.2) is 11.5 Å². The van der Waals surface area contributed by atoms with E-state index in [2.05, 4.69) is 15.9 Å². The van der Waals surface area contributed by atoms with Crippen molar-refractivity contribution < 1.29 is 18.8 Å². The third-order valence-electron chi connectivity index (χ3n) is 2.55. The summed E-state index contributed by atoms with van der Waals surface area (Å²) in [5, 5.41) is 10.9. The zero-order valence-corrected chi connectivity index (χ0v) is 12.6. The Balaban J connectivity index is 2.29. The number of hydrogen-bond donors (Lipinski definition) is 0. The molecule has 0 atom stereocenters. The Morgan fingerprint density at radius 1 is 1.24 bits per heavy atom. The van der Waals surface area contributed by atoms with Crippen molar-refractivity contribution >= 4 is 21.6 Å². The Bertz CT molecular complexity index is 678. The van der Waals surface area contributed by atoms with Crippen molar-refractivity contribution in [3.8, 4) is 17.2 Å². The number of halogens is 2. The molecule has 0 radical (unpaired) electrons. The van der Waals surface area contributed by atoms with Crippen LogP contribution in [0.5, 0.6) is 17.2 Å². The highest BCUT2D eigenvalue weighted by Crippen LogP contribution is 2.34. The highest BCUT2D eigenvalue weighted by atomic mass is 79.9. The minimum absolute atomic E-state index is 0.126. The zero-order valence-electron chi connectivity index (χ0n) is 11.0. The van der Waals surface area contributed by atoms with Crippen LogP contribution < -0.4 is 9.47 Å². The van der Waals surface area contributed by atoms with E-state index < -0.39 is 10.7 Å². The van der Waals surface area contributed by atoms with Crippen molar-refractivity contribution in [2.75, 3.05) is 6.61 Å². The highest BCUT2D eigenvalue weighted by molar-refractivity contribution is 9.10. The molecule has 0 N–H and O–H groups in total. The van der Waals surface area contributed by atoms with E-state index in [0.717, 1.165) is 0 Å². The van der Waals surface area contributed by atoms with Crippen molar-refractivity contribution in [2.45, 2.75) is 6.92 Å². The zero-order chi connectivity index (χ0) is 15.4. The Morgan fingerprint density at radius 3 is 2.52 bits per heavy atom. The third kappa shape index (κ3) is 3.69. The van der Waals surface area contributed by atoms with Gasteiger partial charge in [-0.2, -0.15) is 0 Å². The molecule has 5 nitrogen and oxygen atoms in total. The SMILES string of the molecule is CCOc1cc(Oc2ccc(F)c(Br)c2)ccc1[N+](=O)[O-]. The Hall–Kier alpha value is -2.15. The summed E-state index contributed by atoms with van der Waals surface area (Å²) in [6.07, 6.45) is 0.